The van der Waals surface area contributed by atoms with Crippen LogP contribution in [0.4, 0.5) is 5.82 Å². The molecule has 0 radical (unpaired) electrons. The molecule has 0 aliphatic heterocycles. The van der Waals surface area contributed by atoms with Crippen molar-refractivity contribution in [3.8, 4) is 11.3 Å². The third-order valence-electron chi connectivity index (χ3n) is 3.25. The number of anilines is 1. The van der Waals surface area contributed by atoms with Crippen molar-refractivity contribution in [2.75, 3.05) is 12.0 Å². The summed E-state index contributed by atoms with van der Waals surface area (Å²) >= 11 is 0. The van der Waals surface area contributed by atoms with E-state index in [4.69, 9.17) is 5.73 Å². The average Bonchev–Trinajstić information content (AvgIpc) is 2.41. The van der Waals surface area contributed by atoms with Gasteiger partial charge in [-0.05, 0) is 13.8 Å². The van der Waals surface area contributed by atoms with Crippen LogP contribution >= 0.6 is 0 Å². The summed E-state index contributed by atoms with van der Waals surface area (Å²) in [5.74, 6) is 0.541. The second-order valence-corrected chi connectivity index (χ2v) is 7.14. The van der Waals surface area contributed by atoms with Gasteiger partial charge >= 0.3 is 0 Å². The van der Waals surface area contributed by atoms with Crippen LogP contribution in [0.15, 0.2) is 30.3 Å². The lowest BCUT2D eigenvalue weighted by atomic mass is 10.1. The third-order valence-corrected chi connectivity index (χ3v) is 4.75. The summed E-state index contributed by atoms with van der Waals surface area (Å²) in [6.07, 6.45) is 1.17. The average molecular weight is 291 g/mol. The number of nitrogens with two attached hydrogens (primary N) is 1. The largest absolute Gasteiger partial charge is 0.383 e. The highest BCUT2D eigenvalue weighted by atomic mass is 32.2. The fourth-order valence-corrected chi connectivity index (χ4v) is 2.29. The van der Waals surface area contributed by atoms with E-state index in [-0.39, 0.29) is 5.82 Å². The maximum atomic E-state index is 11.7. The van der Waals surface area contributed by atoms with Gasteiger partial charge in [-0.25, -0.2) is 18.4 Å². The van der Waals surface area contributed by atoms with E-state index in [1.54, 1.807) is 6.92 Å². The summed E-state index contributed by atoms with van der Waals surface area (Å²) in [6.45, 7) is 3.39. The minimum absolute atomic E-state index is 0.231. The Morgan fingerprint density at radius 2 is 1.75 bits per heavy atom. The van der Waals surface area contributed by atoms with E-state index in [0.717, 1.165) is 11.1 Å². The Morgan fingerprint density at radius 3 is 2.30 bits per heavy atom. The van der Waals surface area contributed by atoms with Gasteiger partial charge in [-0.15, -0.1) is 0 Å². The molecule has 20 heavy (non-hydrogen) atoms. The predicted octanol–water partition coefficient (Wildman–Crippen LogP) is 2.14. The zero-order valence-corrected chi connectivity index (χ0v) is 12.5. The fraction of sp³-hybridized carbons (Fsp3) is 0.286. The summed E-state index contributed by atoms with van der Waals surface area (Å²) in [4.78, 5) is 8.51. The van der Waals surface area contributed by atoms with Crippen LogP contribution in [0.2, 0.25) is 0 Å². The van der Waals surface area contributed by atoms with Gasteiger partial charge in [0.05, 0.1) is 5.69 Å². The number of aromatic nitrogens is 2. The highest BCUT2D eigenvalue weighted by molar-refractivity contribution is 7.90. The molecule has 1 unspecified atom stereocenters. The lowest BCUT2D eigenvalue weighted by Gasteiger charge is -2.13. The van der Waals surface area contributed by atoms with Crippen LogP contribution in [-0.4, -0.2) is 24.6 Å². The second-order valence-electron chi connectivity index (χ2n) is 4.78. The molecule has 0 saturated carbocycles. The van der Waals surface area contributed by atoms with Gasteiger partial charge in [0.15, 0.2) is 9.84 Å². The molecule has 1 heterocycles. The standard InChI is InChI=1S/C14H17N3O2S/c1-9-12(11-7-5-4-6-8-11)16-14(17-13(9)15)10(2)20(3,18)19/h4-8,10H,1-3H3,(H2,15,16,17). The summed E-state index contributed by atoms with van der Waals surface area (Å²) in [6, 6.07) is 9.51. The van der Waals surface area contributed by atoms with Gasteiger partial charge in [-0.1, -0.05) is 30.3 Å². The van der Waals surface area contributed by atoms with Gasteiger partial charge in [0, 0.05) is 17.4 Å². The minimum Gasteiger partial charge on any atom is -0.383 e. The van der Waals surface area contributed by atoms with Crippen LogP contribution in [0.1, 0.15) is 23.6 Å². The second kappa shape index (κ2) is 5.20. The lowest BCUT2D eigenvalue weighted by molar-refractivity contribution is 0.589. The van der Waals surface area contributed by atoms with Crippen molar-refractivity contribution in [1.29, 1.82) is 0 Å². The van der Waals surface area contributed by atoms with Gasteiger partial charge < -0.3 is 5.73 Å². The molecule has 2 rings (SSSR count). The van der Waals surface area contributed by atoms with Crippen LogP contribution in [0.3, 0.4) is 0 Å². The molecule has 1 aromatic heterocycles. The Labute approximate surface area is 118 Å². The predicted molar refractivity (Wildman–Crippen MR) is 79.9 cm³/mol. The normalized spacial score (nSPS) is 13.2. The molecule has 0 aliphatic rings. The van der Waals surface area contributed by atoms with Crippen molar-refractivity contribution in [3.05, 3.63) is 41.7 Å². The van der Waals surface area contributed by atoms with Crippen LogP contribution < -0.4 is 5.73 Å². The van der Waals surface area contributed by atoms with Crippen LogP contribution in [-0.2, 0) is 9.84 Å². The molecule has 5 nitrogen and oxygen atoms in total. The van der Waals surface area contributed by atoms with Gasteiger partial charge in [0.2, 0.25) is 0 Å². The summed E-state index contributed by atoms with van der Waals surface area (Å²) < 4.78 is 23.3. The molecule has 2 N–H and O–H groups in total. The quantitative estimate of drug-likeness (QED) is 0.936. The number of rotatable bonds is 3. The number of nitrogen functional groups attached to an aromatic ring is 1. The van der Waals surface area contributed by atoms with Crippen molar-refractivity contribution < 1.29 is 8.42 Å². The smallest absolute Gasteiger partial charge is 0.157 e. The maximum Gasteiger partial charge on any atom is 0.157 e. The lowest BCUT2D eigenvalue weighted by Crippen LogP contribution is -2.14. The fourth-order valence-electron chi connectivity index (χ4n) is 1.80. The minimum atomic E-state index is -3.26. The van der Waals surface area contributed by atoms with Crippen molar-refractivity contribution >= 4 is 15.7 Å². The van der Waals surface area contributed by atoms with Crippen molar-refractivity contribution in [2.45, 2.75) is 19.1 Å². The zero-order chi connectivity index (χ0) is 14.9. The van der Waals surface area contributed by atoms with E-state index in [2.05, 4.69) is 9.97 Å². The van der Waals surface area contributed by atoms with Crippen LogP contribution in [0, 0.1) is 6.92 Å². The SMILES string of the molecule is Cc1c(N)nc(C(C)S(C)(=O)=O)nc1-c1ccccc1. The first kappa shape index (κ1) is 14.5. The number of nitrogens with zero attached hydrogens (tertiary/aromatic N) is 2. The number of hydrogen-bond donors (Lipinski definition) is 1. The Morgan fingerprint density at radius 1 is 1.15 bits per heavy atom. The molecule has 0 aliphatic carbocycles. The van der Waals surface area contributed by atoms with Gasteiger partial charge in [-0.2, -0.15) is 0 Å². The number of hydrogen-bond acceptors (Lipinski definition) is 5. The molecule has 0 spiro atoms. The molecule has 0 amide bonds. The molecule has 0 saturated heterocycles. The molecule has 2 aromatic rings. The molecular formula is C14H17N3O2S. The molecule has 6 heteroatoms. The van der Waals surface area contributed by atoms with E-state index in [1.165, 1.54) is 6.26 Å². The Hall–Kier alpha value is -1.95. The molecule has 1 atom stereocenters. The summed E-state index contributed by atoms with van der Waals surface area (Å²) in [7, 11) is -3.26. The van der Waals surface area contributed by atoms with E-state index >= 15 is 0 Å². The maximum absolute atomic E-state index is 11.7. The number of sulfone groups is 1. The van der Waals surface area contributed by atoms with E-state index in [9.17, 15) is 8.42 Å². The van der Waals surface area contributed by atoms with E-state index < -0.39 is 15.1 Å². The first-order chi connectivity index (χ1) is 9.30. The first-order valence-corrected chi connectivity index (χ1v) is 8.14. The van der Waals surface area contributed by atoms with Gasteiger partial charge in [0.25, 0.3) is 0 Å². The third kappa shape index (κ3) is 2.80. The molecule has 0 bridgehead atoms. The Bertz CT molecular complexity index is 728. The van der Waals surface area contributed by atoms with Crippen molar-refractivity contribution in [2.24, 2.45) is 0 Å². The Balaban J connectivity index is 2.63. The van der Waals surface area contributed by atoms with E-state index in [1.807, 2.05) is 37.3 Å². The van der Waals surface area contributed by atoms with Gasteiger partial charge in [-0.3, -0.25) is 0 Å². The summed E-state index contributed by atoms with van der Waals surface area (Å²) in [5, 5.41) is -0.784. The van der Waals surface area contributed by atoms with Crippen LogP contribution in [0.5, 0.6) is 0 Å². The molecule has 1 aromatic carbocycles. The van der Waals surface area contributed by atoms with Crippen LogP contribution in [0.25, 0.3) is 11.3 Å². The topological polar surface area (TPSA) is 85.9 Å². The highest BCUT2D eigenvalue weighted by Gasteiger charge is 2.22. The Kier molecular flexibility index (Phi) is 3.76. The summed E-state index contributed by atoms with van der Waals surface area (Å²) in [5.41, 5.74) is 8.20. The monoisotopic (exact) mass is 291 g/mol. The molecular weight excluding hydrogens is 274 g/mol. The van der Waals surface area contributed by atoms with Gasteiger partial charge in [0.1, 0.15) is 16.9 Å². The van der Waals surface area contributed by atoms with E-state index in [0.29, 0.717) is 11.5 Å². The zero-order valence-electron chi connectivity index (χ0n) is 11.7. The van der Waals surface area contributed by atoms with Crippen molar-refractivity contribution in [3.63, 3.8) is 0 Å². The first-order valence-electron chi connectivity index (χ1n) is 6.19. The van der Waals surface area contributed by atoms with Crippen molar-refractivity contribution in [1.82, 2.24) is 9.97 Å². The molecule has 106 valence electrons. The molecule has 0 fully saturated rings. The highest BCUT2D eigenvalue weighted by Crippen LogP contribution is 2.27. The number of benzene rings is 1.